The van der Waals surface area contributed by atoms with Gasteiger partial charge in [-0.1, -0.05) is 25.1 Å². The van der Waals surface area contributed by atoms with Crippen molar-refractivity contribution in [1.82, 2.24) is 0 Å². The number of anilines is 2. The average Bonchev–Trinajstić information content (AvgIpc) is 2.96. The number of nitrogens with one attached hydrogen (secondary N) is 1. The summed E-state index contributed by atoms with van der Waals surface area (Å²) in [6, 6.07) is 13.2. The molecular weight excluding hydrogens is 487 g/mol. The van der Waals surface area contributed by atoms with Crippen LogP contribution in [-0.4, -0.2) is 28.7 Å². The maximum Gasteiger partial charge on any atom is 0.247 e. The van der Waals surface area contributed by atoms with E-state index in [9.17, 15) is 14.4 Å². The smallest absolute Gasteiger partial charge is 0.247 e. The monoisotopic (exact) mass is 508 g/mol. The third-order valence-corrected chi connectivity index (χ3v) is 6.53. The van der Waals surface area contributed by atoms with Crippen LogP contribution in [-0.2, 0) is 20.8 Å². The van der Waals surface area contributed by atoms with Gasteiger partial charge in [0.05, 0.1) is 16.7 Å². The number of hydrogen-bond acceptors (Lipinski definition) is 4. The van der Waals surface area contributed by atoms with Gasteiger partial charge in [0, 0.05) is 15.7 Å². The van der Waals surface area contributed by atoms with Crippen molar-refractivity contribution in [1.29, 1.82) is 0 Å². The number of rotatable bonds is 6. The Bertz CT molecular complexity index is 914. The van der Waals surface area contributed by atoms with E-state index < -0.39 is 5.25 Å². The van der Waals surface area contributed by atoms with Crippen LogP contribution in [0.3, 0.4) is 0 Å². The molecule has 7 heteroatoms. The van der Waals surface area contributed by atoms with Gasteiger partial charge in [-0.3, -0.25) is 14.4 Å². The fraction of sp³-hybridized carbons (Fsp3) is 0.286. The van der Waals surface area contributed by atoms with E-state index in [4.69, 9.17) is 0 Å². The quantitative estimate of drug-likeness (QED) is 0.470. The highest BCUT2D eigenvalue weighted by molar-refractivity contribution is 14.1. The lowest BCUT2D eigenvalue weighted by Crippen LogP contribution is -2.31. The van der Waals surface area contributed by atoms with Crippen LogP contribution in [0.5, 0.6) is 0 Å². The molecule has 3 rings (SSSR count). The molecule has 0 bridgehead atoms. The van der Waals surface area contributed by atoms with Crippen molar-refractivity contribution in [2.45, 2.75) is 31.9 Å². The lowest BCUT2D eigenvalue weighted by molar-refractivity contribution is -0.121. The molecule has 2 aromatic carbocycles. The third-order valence-electron chi connectivity index (χ3n) is 4.61. The highest BCUT2D eigenvalue weighted by Gasteiger charge is 2.40. The van der Waals surface area contributed by atoms with Gasteiger partial charge in [0.25, 0.3) is 0 Å². The van der Waals surface area contributed by atoms with Gasteiger partial charge in [-0.05, 0) is 71.3 Å². The first kappa shape index (κ1) is 20.9. The summed E-state index contributed by atoms with van der Waals surface area (Å²) in [5.41, 5.74) is 3.51. The SMILES string of the molecule is CCc1cccc(C)c1NC(=O)CSC1CC(=O)N(c2ccc(I)cc2)C1=O. The van der Waals surface area contributed by atoms with Crippen molar-refractivity contribution in [3.63, 3.8) is 0 Å². The molecule has 0 spiro atoms. The predicted octanol–water partition coefficient (Wildman–Crippen LogP) is 4.17. The molecule has 1 aliphatic heterocycles. The Balaban J connectivity index is 1.62. The van der Waals surface area contributed by atoms with Crippen molar-refractivity contribution in [3.8, 4) is 0 Å². The summed E-state index contributed by atoms with van der Waals surface area (Å²) >= 11 is 3.39. The van der Waals surface area contributed by atoms with Crippen LogP contribution in [0.15, 0.2) is 42.5 Å². The van der Waals surface area contributed by atoms with Crippen LogP contribution in [0.4, 0.5) is 11.4 Å². The van der Waals surface area contributed by atoms with Crippen LogP contribution >= 0.6 is 34.4 Å². The summed E-state index contributed by atoms with van der Waals surface area (Å²) in [6.45, 7) is 4.00. The molecule has 1 aliphatic rings. The molecule has 2 aromatic rings. The zero-order chi connectivity index (χ0) is 20.3. The fourth-order valence-corrected chi connectivity index (χ4v) is 4.44. The molecule has 0 aromatic heterocycles. The first-order chi connectivity index (χ1) is 13.4. The number of thioether (sulfide) groups is 1. The Kier molecular flexibility index (Phi) is 6.77. The molecule has 1 saturated heterocycles. The van der Waals surface area contributed by atoms with Gasteiger partial charge in [-0.25, -0.2) is 4.90 Å². The minimum atomic E-state index is -0.528. The lowest BCUT2D eigenvalue weighted by atomic mass is 10.1. The number of carbonyl (C=O) groups excluding carboxylic acids is 3. The number of amides is 3. The van der Waals surface area contributed by atoms with Crippen molar-refractivity contribution >= 4 is 63.4 Å². The van der Waals surface area contributed by atoms with E-state index in [1.165, 1.54) is 16.7 Å². The summed E-state index contributed by atoms with van der Waals surface area (Å²) in [7, 11) is 0. The maximum absolute atomic E-state index is 12.7. The number of halogens is 1. The third kappa shape index (κ3) is 4.57. The minimum absolute atomic E-state index is 0.118. The van der Waals surface area contributed by atoms with Gasteiger partial charge in [0.2, 0.25) is 17.7 Å². The second-order valence-corrected chi connectivity index (χ2v) is 9.00. The van der Waals surface area contributed by atoms with Gasteiger partial charge in [0.1, 0.15) is 0 Å². The highest BCUT2D eigenvalue weighted by Crippen LogP contribution is 2.30. The van der Waals surface area contributed by atoms with Crippen LogP contribution in [0.2, 0.25) is 0 Å². The summed E-state index contributed by atoms with van der Waals surface area (Å²) in [5.74, 6) is -0.519. The van der Waals surface area contributed by atoms with Gasteiger partial charge in [-0.2, -0.15) is 0 Å². The Morgan fingerprint density at radius 3 is 2.61 bits per heavy atom. The van der Waals surface area contributed by atoms with E-state index in [0.717, 1.165) is 26.8 Å². The molecular formula is C21H21IN2O3S. The van der Waals surface area contributed by atoms with Gasteiger partial charge < -0.3 is 5.32 Å². The molecule has 5 nitrogen and oxygen atoms in total. The van der Waals surface area contributed by atoms with E-state index in [2.05, 4.69) is 27.9 Å². The van der Waals surface area contributed by atoms with Crippen LogP contribution in [0.25, 0.3) is 0 Å². The molecule has 1 N–H and O–H groups in total. The first-order valence-corrected chi connectivity index (χ1v) is 11.2. The van der Waals surface area contributed by atoms with Gasteiger partial charge in [0.15, 0.2) is 0 Å². The standard InChI is InChI=1S/C21H21IN2O3S/c1-3-14-6-4-5-13(2)20(14)23-18(25)12-28-17-11-19(26)24(21(17)27)16-9-7-15(22)8-10-16/h4-10,17H,3,11-12H2,1-2H3,(H,23,25). The zero-order valence-electron chi connectivity index (χ0n) is 15.7. The van der Waals surface area contributed by atoms with Crippen LogP contribution in [0, 0.1) is 10.5 Å². The number of aryl methyl sites for hydroxylation is 2. The number of benzene rings is 2. The largest absolute Gasteiger partial charge is 0.325 e. The molecule has 0 aliphatic carbocycles. The number of para-hydroxylation sites is 1. The number of carbonyl (C=O) groups is 3. The van der Waals surface area contributed by atoms with E-state index >= 15 is 0 Å². The molecule has 146 valence electrons. The minimum Gasteiger partial charge on any atom is -0.325 e. The Morgan fingerprint density at radius 2 is 1.93 bits per heavy atom. The number of nitrogens with zero attached hydrogens (tertiary/aromatic N) is 1. The van der Waals surface area contributed by atoms with Gasteiger partial charge >= 0.3 is 0 Å². The Morgan fingerprint density at radius 1 is 1.21 bits per heavy atom. The van der Waals surface area contributed by atoms with Crippen molar-refractivity contribution < 1.29 is 14.4 Å². The molecule has 3 amide bonds. The first-order valence-electron chi connectivity index (χ1n) is 9.03. The van der Waals surface area contributed by atoms with E-state index in [-0.39, 0.29) is 29.9 Å². The molecule has 1 heterocycles. The fourth-order valence-electron chi connectivity index (χ4n) is 3.15. The molecule has 0 saturated carbocycles. The summed E-state index contributed by atoms with van der Waals surface area (Å²) in [5, 5.41) is 2.43. The summed E-state index contributed by atoms with van der Waals surface area (Å²) < 4.78 is 1.03. The lowest BCUT2D eigenvalue weighted by Gasteiger charge is -2.15. The van der Waals surface area contributed by atoms with Crippen molar-refractivity contribution in [3.05, 3.63) is 57.2 Å². The normalized spacial score (nSPS) is 16.5. The average molecular weight is 508 g/mol. The maximum atomic E-state index is 12.7. The molecule has 1 atom stereocenters. The number of hydrogen-bond donors (Lipinski definition) is 1. The second-order valence-electron chi connectivity index (χ2n) is 6.56. The zero-order valence-corrected chi connectivity index (χ0v) is 18.7. The van der Waals surface area contributed by atoms with Crippen molar-refractivity contribution in [2.75, 3.05) is 16.0 Å². The van der Waals surface area contributed by atoms with Gasteiger partial charge in [-0.15, -0.1) is 11.8 Å². The molecule has 1 unspecified atom stereocenters. The van der Waals surface area contributed by atoms with E-state index in [1.54, 1.807) is 12.1 Å². The van der Waals surface area contributed by atoms with E-state index in [1.807, 2.05) is 44.2 Å². The van der Waals surface area contributed by atoms with E-state index in [0.29, 0.717) is 5.69 Å². The molecule has 0 radical (unpaired) electrons. The Labute approximate surface area is 182 Å². The second kappa shape index (κ2) is 9.09. The molecule has 1 fully saturated rings. The summed E-state index contributed by atoms with van der Waals surface area (Å²) in [4.78, 5) is 38.7. The predicted molar refractivity (Wildman–Crippen MR) is 122 cm³/mol. The Hall–Kier alpha value is -1.87. The number of imide groups is 1. The summed E-state index contributed by atoms with van der Waals surface area (Å²) in [6.07, 6.45) is 0.943. The van der Waals surface area contributed by atoms with Crippen LogP contribution in [0.1, 0.15) is 24.5 Å². The topological polar surface area (TPSA) is 66.5 Å². The van der Waals surface area contributed by atoms with Crippen molar-refractivity contribution in [2.24, 2.45) is 0 Å². The molecule has 28 heavy (non-hydrogen) atoms. The van der Waals surface area contributed by atoms with Crippen LogP contribution < -0.4 is 10.2 Å². The highest BCUT2D eigenvalue weighted by atomic mass is 127.